The quantitative estimate of drug-likeness (QED) is 0.479. The number of carbonyl (C=O) groups excluding carboxylic acids is 2. The molecule has 0 radical (unpaired) electrons. The standard InChI is InChI=1S/C24H23N5O2/c1-14(2)18(12-25)24(31)27-20-6-4-5-17-19(13-29(3)22(17)20)16-9-10-26-21(11-16)28-23(30)15-7-8-15/h4-6,9-11,13,15H,7-8H2,1-3H3,(H,27,31)(H,26,28,30). The van der Waals surface area contributed by atoms with E-state index in [9.17, 15) is 14.9 Å². The zero-order valence-electron chi connectivity index (χ0n) is 17.7. The van der Waals surface area contributed by atoms with E-state index >= 15 is 0 Å². The number of hydrogen-bond donors (Lipinski definition) is 2. The summed E-state index contributed by atoms with van der Waals surface area (Å²) in [6.07, 6.45) is 5.53. The lowest BCUT2D eigenvalue weighted by Crippen LogP contribution is -2.15. The summed E-state index contributed by atoms with van der Waals surface area (Å²) in [4.78, 5) is 28.9. The van der Waals surface area contributed by atoms with Gasteiger partial charge in [0.25, 0.3) is 5.91 Å². The third-order valence-corrected chi connectivity index (χ3v) is 5.36. The first-order valence-corrected chi connectivity index (χ1v) is 10.1. The topological polar surface area (TPSA) is 99.8 Å². The minimum Gasteiger partial charge on any atom is -0.348 e. The number of anilines is 2. The molecular formula is C24H23N5O2. The highest BCUT2D eigenvalue weighted by Gasteiger charge is 2.29. The normalized spacial score (nSPS) is 12.8. The zero-order chi connectivity index (χ0) is 22.1. The first-order valence-electron chi connectivity index (χ1n) is 10.1. The van der Waals surface area contributed by atoms with E-state index in [0.717, 1.165) is 34.9 Å². The van der Waals surface area contributed by atoms with Gasteiger partial charge in [-0.05, 0) is 50.5 Å². The van der Waals surface area contributed by atoms with Gasteiger partial charge in [0.15, 0.2) is 0 Å². The molecule has 0 spiro atoms. The molecule has 7 heteroatoms. The Morgan fingerprint density at radius 3 is 2.65 bits per heavy atom. The Morgan fingerprint density at radius 2 is 1.97 bits per heavy atom. The molecule has 1 saturated carbocycles. The number of nitrogens with zero attached hydrogens (tertiary/aromatic N) is 3. The lowest BCUT2D eigenvalue weighted by Gasteiger charge is -2.09. The van der Waals surface area contributed by atoms with Gasteiger partial charge >= 0.3 is 0 Å². The SMILES string of the molecule is CC(C)=C(C#N)C(=O)Nc1cccc2c(-c3ccnc(NC(=O)C4CC4)c3)cn(C)c12. The fraction of sp³-hybridized carbons (Fsp3) is 0.250. The Morgan fingerprint density at radius 1 is 1.19 bits per heavy atom. The van der Waals surface area contributed by atoms with Gasteiger partial charge in [0.2, 0.25) is 5.91 Å². The predicted molar refractivity (Wildman–Crippen MR) is 120 cm³/mol. The lowest BCUT2D eigenvalue weighted by molar-refractivity contribution is -0.117. The fourth-order valence-electron chi connectivity index (χ4n) is 3.61. The van der Waals surface area contributed by atoms with Crippen molar-refractivity contribution in [3.05, 3.63) is 53.9 Å². The second kappa shape index (κ2) is 8.07. The maximum Gasteiger partial charge on any atom is 0.266 e. The Hall–Kier alpha value is -3.92. The van der Waals surface area contributed by atoms with Crippen molar-refractivity contribution >= 4 is 34.2 Å². The molecule has 4 rings (SSSR count). The van der Waals surface area contributed by atoms with E-state index in [2.05, 4.69) is 15.6 Å². The Labute approximate surface area is 180 Å². The summed E-state index contributed by atoms with van der Waals surface area (Å²) in [7, 11) is 1.91. The number of rotatable bonds is 5. The highest BCUT2D eigenvalue weighted by Crippen LogP contribution is 2.35. The maximum atomic E-state index is 12.6. The number of amides is 2. The lowest BCUT2D eigenvalue weighted by atomic mass is 10.0. The number of benzene rings is 1. The van der Waals surface area contributed by atoms with Crippen LogP contribution in [0.15, 0.2) is 53.9 Å². The molecule has 0 saturated heterocycles. The molecule has 156 valence electrons. The molecule has 1 aliphatic rings. The molecule has 1 fully saturated rings. The number of nitrogens with one attached hydrogen (secondary N) is 2. The van der Waals surface area contributed by atoms with E-state index in [1.807, 2.05) is 54.2 Å². The van der Waals surface area contributed by atoms with Gasteiger partial charge in [0.05, 0.1) is 11.2 Å². The van der Waals surface area contributed by atoms with Crippen LogP contribution in [-0.2, 0) is 16.6 Å². The molecule has 2 N–H and O–H groups in total. The van der Waals surface area contributed by atoms with Crippen molar-refractivity contribution in [2.75, 3.05) is 10.6 Å². The third kappa shape index (κ3) is 4.05. The summed E-state index contributed by atoms with van der Waals surface area (Å²) in [6, 6.07) is 11.4. The zero-order valence-corrected chi connectivity index (χ0v) is 17.7. The van der Waals surface area contributed by atoms with Crippen molar-refractivity contribution in [3.63, 3.8) is 0 Å². The Kier molecular flexibility index (Phi) is 5.30. The molecule has 7 nitrogen and oxygen atoms in total. The monoisotopic (exact) mass is 413 g/mol. The molecule has 31 heavy (non-hydrogen) atoms. The van der Waals surface area contributed by atoms with Crippen LogP contribution < -0.4 is 10.6 Å². The number of allylic oxidation sites excluding steroid dienone is 1. The van der Waals surface area contributed by atoms with Crippen molar-refractivity contribution < 1.29 is 9.59 Å². The van der Waals surface area contributed by atoms with Gasteiger partial charge in [0.1, 0.15) is 17.5 Å². The van der Waals surface area contributed by atoms with Gasteiger partial charge < -0.3 is 15.2 Å². The second-order valence-corrected chi connectivity index (χ2v) is 7.99. The number of aromatic nitrogens is 2. The highest BCUT2D eigenvalue weighted by atomic mass is 16.2. The fourth-order valence-corrected chi connectivity index (χ4v) is 3.61. The van der Waals surface area contributed by atoms with Crippen LogP contribution in [-0.4, -0.2) is 21.4 Å². The van der Waals surface area contributed by atoms with Crippen molar-refractivity contribution in [3.8, 4) is 17.2 Å². The van der Waals surface area contributed by atoms with Crippen molar-refractivity contribution in [1.29, 1.82) is 5.26 Å². The van der Waals surface area contributed by atoms with E-state index in [4.69, 9.17) is 0 Å². The van der Waals surface area contributed by atoms with Gasteiger partial charge in [-0.3, -0.25) is 9.59 Å². The van der Waals surface area contributed by atoms with E-state index in [0.29, 0.717) is 17.1 Å². The second-order valence-electron chi connectivity index (χ2n) is 7.99. The Balaban J connectivity index is 1.71. The summed E-state index contributed by atoms with van der Waals surface area (Å²) in [6.45, 7) is 3.48. The minimum atomic E-state index is -0.424. The average molecular weight is 413 g/mol. The van der Waals surface area contributed by atoms with E-state index < -0.39 is 5.91 Å². The van der Waals surface area contributed by atoms with E-state index in [-0.39, 0.29) is 17.4 Å². The van der Waals surface area contributed by atoms with Crippen LogP contribution in [0, 0.1) is 17.2 Å². The van der Waals surface area contributed by atoms with Gasteiger partial charge in [-0.25, -0.2) is 4.98 Å². The van der Waals surface area contributed by atoms with Gasteiger partial charge in [-0.2, -0.15) is 5.26 Å². The average Bonchev–Trinajstić information content (AvgIpc) is 3.52. The number of nitriles is 1. The molecule has 0 bridgehead atoms. The smallest absolute Gasteiger partial charge is 0.266 e. The number of pyridine rings is 1. The molecule has 0 unspecified atom stereocenters. The summed E-state index contributed by atoms with van der Waals surface area (Å²) in [5, 5.41) is 16.0. The van der Waals surface area contributed by atoms with Crippen molar-refractivity contribution in [2.45, 2.75) is 26.7 Å². The molecular weight excluding hydrogens is 390 g/mol. The molecule has 1 aromatic carbocycles. The van der Waals surface area contributed by atoms with Gasteiger partial charge in [-0.15, -0.1) is 0 Å². The van der Waals surface area contributed by atoms with Crippen molar-refractivity contribution in [1.82, 2.24) is 9.55 Å². The third-order valence-electron chi connectivity index (χ3n) is 5.36. The Bertz CT molecular complexity index is 1270. The molecule has 0 aliphatic heterocycles. The summed E-state index contributed by atoms with van der Waals surface area (Å²) in [5.41, 5.74) is 4.12. The van der Waals surface area contributed by atoms with Gasteiger partial charge in [-0.1, -0.05) is 17.7 Å². The van der Waals surface area contributed by atoms with E-state index in [1.54, 1.807) is 20.0 Å². The number of fused-ring (bicyclic) bond motifs is 1. The van der Waals surface area contributed by atoms with Gasteiger partial charge in [0, 0.05) is 36.3 Å². The van der Waals surface area contributed by atoms with Crippen LogP contribution in [0.25, 0.3) is 22.0 Å². The maximum absolute atomic E-state index is 12.6. The molecule has 2 aromatic heterocycles. The molecule has 3 aromatic rings. The molecule has 1 aliphatic carbocycles. The number of hydrogen-bond acceptors (Lipinski definition) is 4. The van der Waals surface area contributed by atoms with Crippen LogP contribution >= 0.6 is 0 Å². The van der Waals surface area contributed by atoms with Crippen LogP contribution in [0.1, 0.15) is 26.7 Å². The number of carbonyl (C=O) groups is 2. The number of para-hydroxylation sites is 1. The van der Waals surface area contributed by atoms with Crippen LogP contribution in [0.4, 0.5) is 11.5 Å². The van der Waals surface area contributed by atoms with Crippen LogP contribution in [0.3, 0.4) is 0 Å². The van der Waals surface area contributed by atoms with E-state index in [1.165, 1.54) is 0 Å². The highest BCUT2D eigenvalue weighted by molar-refractivity contribution is 6.12. The van der Waals surface area contributed by atoms with Crippen LogP contribution in [0.5, 0.6) is 0 Å². The van der Waals surface area contributed by atoms with Crippen molar-refractivity contribution in [2.24, 2.45) is 13.0 Å². The predicted octanol–water partition coefficient (Wildman–Crippen LogP) is 4.39. The minimum absolute atomic E-state index is 0.0140. The summed E-state index contributed by atoms with van der Waals surface area (Å²) < 4.78 is 1.94. The first kappa shape index (κ1) is 20.4. The molecule has 2 heterocycles. The largest absolute Gasteiger partial charge is 0.348 e. The molecule has 2 amide bonds. The first-order chi connectivity index (χ1) is 14.9. The summed E-state index contributed by atoms with van der Waals surface area (Å²) >= 11 is 0. The molecule has 0 atom stereocenters. The summed E-state index contributed by atoms with van der Waals surface area (Å²) in [5.74, 6) is 0.221. The number of aryl methyl sites for hydroxylation is 1. The van der Waals surface area contributed by atoms with Crippen LogP contribution in [0.2, 0.25) is 0 Å².